The highest BCUT2D eigenvalue weighted by molar-refractivity contribution is 5.86. The second kappa shape index (κ2) is 7.18. The summed E-state index contributed by atoms with van der Waals surface area (Å²) >= 11 is 0. The van der Waals surface area contributed by atoms with Crippen molar-refractivity contribution in [1.82, 2.24) is 0 Å². The first-order valence-corrected chi connectivity index (χ1v) is 4.66. The van der Waals surface area contributed by atoms with Gasteiger partial charge in [0.15, 0.2) is 0 Å². The second-order valence-corrected chi connectivity index (χ2v) is 3.06. The van der Waals surface area contributed by atoms with Crippen molar-refractivity contribution in [2.24, 2.45) is 0 Å². The van der Waals surface area contributed by atoms with Crippen LogP contribution >= 0.6 is 0 Å². The van der Waals surface area contributed by atoms with Crippen molar-refractivity contribution in [3.63, 3.8) is 0 Å². The van der Waals surface area contributed by atoms with Gasteiger partial charge in [0.2, 0.25) is 5.76 Å². The zero-order valence-corrected chi connectivity index (χ0v) is 9.29. The molecular formula is C11H18O3. The van der Waals surface area contributed by atoms with Gasteiger partial charge >= 0.3 is 5.97 Å². The summed E-state index contributed by atoms with van der Waals surface area (Å²) in [5.74, 6) is -0.137. The van der Waals surface area contributed by atoms with Gasteiger partial charge in [-0.25, -0.2) is 4.79 Å². The lowest BCUT2D eigenvalue weighted by Gasteiger charge is -2.06. The van der Waals surface area contributed by atoms with Crippen LogP contribution in [0.1, 0.15) is 27.2 Å². The molecule has 0 heterocycles. The molecule has 0 N–H and O–H groups in total. The summed E-state index contributed by atoms with van der Waals surface area (Å²) < 4.78 is 9.83. The van der Waals surface area contributed by atoms with Crippen LogP contribution in [0.4, 0.5) is 0 Å². The van der Waals surface area contributed by atoms with E-state index in [-0.39, 0.29) is 5.76 Å². The van der Waals surface area contributed by atoms with Gasteiger partial charge in [-0.1, -0.05) is 12.5 Å². The van der Waals surface area contributed by atoms with Gasteiger partial charge in [0.1, 0.15) is 6.61 Å². The van der Waals surface area contributed by atoms with E-state index in [0.29, 0.717) is 6.61 Å². The molecule has 0 aromatic heterocycles. The number of carbonyl (C=O) groups excluding carboxylic acids is 1. The van der Waals surface area contributed by atoms with Gasteiger partial charge < -0.3 is 9.47 Å². The van der Waals surface area contributed by atoms with Crippen molar-refractivity contribution in [2.75, 3.05) is 13.7 Å². The lowest BCUT2D eigenvalue weighted by molar-refractivity contribution is -0.139. The molecule has 0 fully saturated rings. The monoisotopic (exact) mass is 198 g/mol. The first-order chi connectivity index (χ1) is 6.61. The van der Waals surface area contributed by atoms with Crippen molar-refractivity contribution < 1.29 is 14.3 Å². The Hall–Kier alpha value is -1.25. The highest BCUT2D eigenvalue weighted by Gasteiger charge is 2.08. The minimum absolute atomic E-state index is 0.285. The molecule has 0 radical (unpaired) electrons. The molecule has 0 bridgehead atoms. The number of ether oxygens (including phenoxy) is 2. The predicted molar refractivity (Wildman–Crippen MR) is 55.8 cm³/mol. The number of carbonyl (C=O) groups is 1. The number of hydrogen-bond donors (Lipinski definition) is 0. The quantitative estimate of drug-likeness (QED) is 0.294. The Morgan fingerprint density at radius 1 is 1.29 bits per heavy atom. The molecule has 80 valence electrons. The van der Waals surface area contributed by atoms with Gasteiger partial charge in [-0.2, -0.15) is 0 Å². The molecule has 0 saturated heterocycles. The normalized spacial score (nSPS) is 10.7. The molecule has 0 spiro atoms. The Balaban J connectivity index is 4.19. The van der Waals surface area contributed by atoms with Gasteiger partial charge in [0.05, 0.1) is 7.11 Å². The van der Waals surface area contributed by atoms with Gasteiger partial charge in [-0.15, -0.1) is 0 Å². The highest BCUT2D eigenvalue weighted by atomic mass is 16.6. The van der Waals surface area contributed by atoms with Crippen molar-refractivity contribution in [3.8, 4) is 0 Å². The fourth-order valence-corrected chi connectivity index (χ4v) is 0.785. The summed E-state index contributed by atoms with van der Waals surface area (Å²) in [4.78, 5) is 11.1. The number of methoxy groups -OCH3 is 1. The number of esters is 1. The molecule has 0 saturated carbocycles. The van der Waals surface area contributed by atoms with Crippen LogP contribution in [0.15, 0.2) is 23.5 Å². The number of rotatable bonds is 5. The van der Waals surface area contributed by atoms with Crippen molar-refractivity contribution in [1.29, 1.82) is 0 Å². The smallest absolute Gasteiger partial charge is 0.372 e. The summed E-state index contributed by atoms with van der Waals surface area (Å²) in [6.45, 7) is 6.30. The largest absolute Gasteiger partial charge is 0.483 e. The molecule has 3 nitrogen and oxygen atoms in total. The van der Waals surface area contributed by atoms with E-state index in [9.17, 15) is 4.79 Å². The highest BCUT2D eigenvalue weighted by Crippen LogP contribution is 2.03. The van der Waals surface area contributed by atoms with E-state index in [1.807, 2.05) is 26.8 Å². The van der Waals surface area contributed by atoms with Crippen LogP contribution in [0.3, 0.4) is 0 Å². The summed E-state index contributed by atoms with van der Waals surface area (Å²) in [7, 11) is 1.34. The van der Waals surface area contributed by atoms with Crippen LogP contribution in [0.5, 0.6) is 0 Å². The molecular weight excluding hydrogens is 180 g/mol. The topological polar surface area (TPSA) is 35.5 Å². The zero-order valence-electron chi connectivity index (χ0n) is 9.29. The van der Waals surface area contributed by atoms with Crippen molar-refractivity contribution in [3.05, 3.63) is 23.5 Å². The molecule has 0 aromatic carbocycles. The molecule has 0 unspecified atom stereocenters. The third-order valence-electron chi connectivity index (χ3n) is 1.51. The van der Waals surface area contributed by atoms with Gasteiger partial charge in [-0.3, -0.25) is 0 Å². The van der Waals surface area contributed by atoms with Crippen LogP contribution in [0.2, 0.25) is 0 Å². The number of allylic oxidation sites excluding steroid dienone is 2. The Morgan fingerprint density at radius 3 is 2.36 bits per heavy atom. The van der Waals surface area contributed by atoms with Crippen molar-refractivity contribution in [2.45, 2.75) is 27.2 Å². The lowest BCUT2D eigenvalue weighted by Crippen LogP contribution is -2.08. The van der Waals surface area contributed by atoms with Crippen LogP contribution in [-0.4, -0.2) is 19.7 Å². The van der Waals surface area contributed by atoms with Gasteiger partial charge in [0, 0.05) is 0 Å². The average Bonchev–Trinajstić information content (AvgIpc) is 2.15. The van der Waals surface area contributed by atoms with E-state index in [4.69, 9.17) is 4.74 Å². The second-order valence-electron chi connectivity index (χ2n) is 3.06. The minimum Gasteiger partial charge on any atom is -0.483 e. The summed E-state index contributed by atoms with van der Waals surface area (Å²) in [6.07, 6.45) is 4.37. The molecule has 0 amide bonds. The first kappa shape index (κ1) is 12.8. The third kappa shape index (κ3) is 5.41. The van der Waals surface area contributed by atoms with Crippen LogP contribution < -0.4 is 0 Å². The Kier molecular flexibility index (Phi) is 6.54. The van der Waals surface area contributed by atoms with Gasteiger partial charge in [0.25, 0.3) is 0 Å². The Morgan fingerprint density at radius 2 is 1.93 bits per heavy atom. The van der Waals surface area contributed by atoms with E-state index >= 15 is 0 Å². The van der Waals surface area contributed by atoms with Crippen LogP contribution in [-0.2, 0) is 14.3 Å². The van der Waals surface area contributed by atoms with E-state index in [1.54, 1.807) is 6.08 Å². The van der Waals surface area contributed by atoms with E-state index in [0.717, 1.165) is 12.0 Å². The maximum atomic E-state index is 11.1. The third-order valence-corrected chi connectivity index (χ3v) is 1.51. The Bertz CT molecular complexity index is 235. The maximum absolute atomic E-state index is 11.1. The van der Waals surface area contributed by atoms with E-state index in [1.165, 1.54) is 7.11 Å². The van der Waals surface area contributed by atoms with Crippen molar-refractivity contribution >= 4 is 5.97 Å². The van der Waals surface area contributed by atoms with Crippen LogP contribution in [0, 0.1) is 0 Å². The van der Waals surface area contributed by atoms with E-state index < -0.39 is 5.97 Å². The standard InChI is InChI=1S/C11H18O3/c1-5-6-10(11(12)13-4)14-8-7-9(2)3/h6-7H,5,8H2,1-4H3/b10-6-. The molecule has 0 aromatic rings. The summed E-state index contributed by atoms with van der Waals surface area (Å²) in [5, 5.41) is 0. The molecule has 0 atom stereocenters. The maximum Gasteiger partial charge on any atom is 0.372 e. The summed E-state index contributed by atoms with van der Waals surface area (Å²) in [5.41, 5.74) is 1.16. The fourth-order valence-electron chi connectivity index (χ4n) is 0.785. The molecule has 0 aliphatic carbocycles. The molecule has 0 rings (SSSR count). The first-order valence-electron chi connectivity index (χ1n) is 4.66. The predicted octanol–water partition coefficient (Wildman–Crippen LogP) is 2.44. The molecule has 3 heteroatoms. The molecule has 0 aliphatic rings. The fraction of sp³-hybridized carbons (Fsp3) is 0.545. The molecule has 14 heavy (non-hydrogen) atoms. The lowest BCUT2D eigenvalue weighted by atomic mass is 10.3. The summed E-state index contributed by atoms with van der Waals surface area (Å²) in [6, 6.07) is 0. The minimum atomic E-state index is -0.422. The van der Waals surface area contributed by atoms with E-state index in [2.05, 4.69) is 4.74 Å². The average molecular weight is 198 g/mol. The zero-order chi connectivity index (χ0) is 11.0. The number of hydrogen-bond acceptors (Lipinski definition) is 3. The molecule has 0 aliphatic heterocycles. The Labute approximate surface area is 85.4 Å². The van der Waals surface area contributed by atoms with Crippen LogP contribution in [0.25, 0.3) is 0 Å². The SMILES string of the molecule is CC/C=C(\OCC=C(C)C)C(=O)OC. The van der Waals surface area contributed by atoms with Gasteiger partial charge in [-0.05, 0) is 32.4 Å².